The molecule has 1 aliphatic heterocycles. The second-order valence-corrected chi connectivity index (χ2v) is 3.85. The van der Waals surface area contributed by atoms with E-state index in [9.17, 15) is 0 Å². The van der Waals surface area contributed by atoms with Gasteiger partial charge in [0.1, 0.15) is 0 Å². The van der Waals surface area contributed by atoms with E-state index < -0.39 is 0 Å². The predicted molar refractivity (Wildman–Crippen MR) is 68.9 cm³/mol. The number of hydrogen-bond acceptors (Lipinski definition) is 2. The van der Waals surface area contributed by atoms with E-state index in [-0.39, 0.29) is 11.9 Å². The van der Waals surface area contributed by atoms with Gasteiger partial charge in [0.25, 0.3) is 0 Å². The van der Waals surface area contributed by atoms with Crippen molar-refractivity contribution in [3.63, 3.8) is 0 Å². The largest absolute Gasteiger partial charge is 0.370 e. The van der Waals surface area contributed by atoms with E-state index >= 15 is 0 Å². The summed E-state index contributed by atoms with van der Waals surface area (Å²) in [6.45, 7) is 1.81. The number of rotatable bonds is 1. The van der Waals surface area contributed by atoms with Gasteiger partial charge in [-0.15, -0.1) is 0 Å². The minimum Gasteiger partial charge on any atom is -0.370 e. The van der Waals surface area contributed by atoms with Gasteiger partial charge in [-0.1, -0.05) is 12.1 Å². The maximum Gasteiger partial charge on any atom is 0.223 e. The maximum absolute atomic E-state index is 5.63. The molecule has 1 aliphatic rings. The molecule has 0 fully saturated rings. The molecule has 0 bridgehead atoms. The molecule has 0 spiro atoms. The molecule has 6 heteroatoms. The lowest BCUT2D eigenvalue weighted by molar-refractivity contribution is 0.644. The van der Waals surface area contributed by atoms with Crippen LogP contribution in [0.5, 0.6) is 0 Å². The normalized spacial score (nSPS) is 15.2. The van der Waals surface area contributed by atoms with Crippen molar-refractivity contribution in [2.24, 2.45) is 27.2 Å². The van der Waals surface area contributed by atoms with Gasteiger partial charge < -0.3 is 22.5 Å². The van der Waals surface area contributed by atoms with E-state index in [1.165, 1.54) is 11.1 Å². The highest BCUT2D eigenvalue weighted by atomic mass is 15.1. The zero-order valence-corrected chi connectivity index (χ0v) is 9.48. The first kappa shape index (κ1) is 11.4. The fraction of sp³-hybridized carbons (Fsp3) is 0.273. The van der Waals surface area contributed by atoms with Gasteiger partial charge in [0.2, 0.25) is 5.96 Å². The molecule has 1 aromatic rings. The van der Waals surface area contributed by atoms with E-state index in [0.717, 1.165) is 25.2 Å². The lowest BCUT2D eigenvalue weighted by Gasteiger charge is -2.18. The molecule has 0 saturated carbocycles. The van der Waals surface area contributed by atoms with Gasteiger partial charge >= 0.3 is 0 Å². The lowest BCUT2D eigenvalue weighted by atomic mass is 9.99. The fourth-order valence-electron chi connectivity index (χ4n) is 1.90. The minimum atomic E-state index is -0.0854. The molecule has 0 amide bonds. The molecule has 2 rings (SSSR count). The number of fused-ring (bicyclic) bond motifs is 1. The Kier molecular flexibility index (Phi) is 3.24. The molecule has 1 heterocycles. The molecular formula is C11H16N6. The third-order valence-corrected chi connectivity index (χ3v) is 2.59. The van der Waals surface area contributed by atoms with Crippen LogP contribution in [0.25, 0.3) is 0 Å². The Balaban J connectivity index is 2.36. The van der Waals surface area contributed by atoms with Crippen LogP contribution >= 0.6 is 0 Å². The molecule has 17 heavy (non-hydrogen) atoms. The van der Waals surface area contributed by atoms with Crippen molar-refractivity contribution in [3.8, 4) is 0 Å². The summed E-state index contributed by atoms with van der Waals surface area (Å²) in [6, 6.07) is 5.95. The molecule has 0 radical (unpaired) electrons. The number of hydrogen-bond donors (Lipinski definition) is 4. The number of benzene rings is 1. The van der Waals surface area contributed by atoms with Crippen LogP contribution in [0.1, 0.15) is 11.1 Å². The highest BCUT2D eigenvalue weighted by Gasteiger charge is 2.11. The number of nitrogens with zero attached hydrogens (tertiary/aromatic N) is 2. The minimum absolute atomic E-state index is 0.0805. The molecule has 7 N–H and O–H groups in total. The first-order valence-corrected chi connectivity index (χ1v) is 5.42. The molecule has 90 valence electrons. The third-order valence-electron chi connectivity index (χ3n) is 2.59. The Hall–Kier alpha value is -2.08. The van der Waals surface area contributed by atoms with E-state index in [2.05, 4.69) is 21.4 Å². The van der Waals surface area contributed by atoms with E-state index in [1.54, 1.807) is 0 Å². The second-order valence-electron chi connectivity index (χ2n) is 3.85. The van der Waals surface area contributed by atoms with Gasteiger partial charge in [0.15, 0.2) is 5.96 Å². The highest BCUT2D eigenvalue weighted by molar-refractivity contribution is 5.93. The zero-order valence-electron chi connectivity index (χ0n) is 9.48. The van der Waals surface area contributed by atoms with E-state index in [0.29, 0.717) is 0 Å². The van der Waals surface area contributed by atoms with Gasteiger partial charge in [-0.05, 0) is 30.2 Å². The van der Waals surface area contributed by atoms with Crippen molar-refractivity contribution >= 4 is 17.6 Å². The van der Waals surface area contributed by atoms with Crippen LogP contribution in [-0.4, -0.2) is 18.5 Å². The van der Waals surface area contributed by atoms with Gasteiger partial charge in [-0.25, -0.2) is 4.99 Å². The summed E-state index contributed by atoms with van der Waals surface area (Å²) >= 11 is 0. The summed E-state index contributed by atoms with van der Waals surface area (Å²) in [4.78, 5) is 7.94. The predicted octanol–water partition coefficient (Wildman–Crippen LogP) is -0.448. The summed E-state index contributed by atoms with van der Waals surface area (Å²) in [5.41, 5.74) is 19.4. The van der Waals surface area contributed by atoms with Crippen molar-refractivity contribution in [3.05, 3.63) is 29.3 Å². The van der Waals surface area contributed by atoms with Crippen LogP contribution < -0.4 is 22.5 Å². The zero-order chi connectivity index (χ0) is 12.3. The van der Waals surface area contributed by atoms with Crippen LogP contribution in [0.2, 0.25) is 0 Å². The summed E-state index contributed by atoms with van der Waals surface area (Å²) in [5, 5.41) is 3.31. The van der Waals surface area contributed by atoms with Gasteiger partial charge in [-0.3, -0.25) is 0 Å². The first-order valence-electron chi connectivity index (χ1n) is 5.42. The lowest BCUT2D eigenvalue weighted by Crippen LogP contribution is -2.26. The number of nitrogens with two attached hydrogens (primary N) is 3. The van der Waals surface area contributed by atoms with Crippen molar-refractivity contribution in [1.82, 2.24) is 5.32 Å². The third kappa shape index (κ3) is 2.73. The van der Waals surface area contributed by atoms with E-state index in [1.807, 2.05) is 12.1 Å². The Morgan fingerprint density at radius 2 is 2.06 bits per heavy atom. The van der Waals surface area contributed by atoms with Gasteiger partial charge in [0.05, 0.1) is 5.69 Å². The van der Waals surface area contributed by atoms with Crippen molar-refractivity contribution in [2.45, 2.75) is 13.0 Å². The SMILES string of the molecule is NC(N)=NC(N)=Nc1cccc2c1CCNC2. The Bertz CT molecular complexity index is 473. The monoisotopic (exact) mass is 232 g/mol. The molecule has 0 atom stereocenters. The molecule has 6 nitrogen and oxygen atoms in total. The molecule has 0 aliphatic carbocycles. The molecule has 0 aromatic heterocycles. The molecule has 1 aromatic carbocycles. The van der Waals surface area contributed by atoms with Crippen molar-refractivity contribution in [1.29, 1.82) is 0 Å². The Morgan fingerprint density at radius 3 is 2.82 bits per heavy atom. The highest BCUT2D eigenvalue weighted by Crippen LogP contribution is 2.25. The number of nitrogens with one attached hydrogen (secondary N) is 1. The van der Waals surface area contributed by atoms with Gasteiger partial charge in [0, 0.05) is 6.54 Å². The van der Waals surface area contributed by atoms with Crippen molar-refractivity contribution < 1.29 is 0 Å². The van der Waals surface area contributed by atoms with Crippen LogP contribution in [-0.2, 0) is 13.0 Å². The second kappa shape index (κ2) is 4.84. The Morgan fingerprint density at radius 1 is 1.24 bits per heavy atom. The van der Waals surface area contributed by atoms with Crippen LogP contribution in [0.3, 0.4) is 0 Å². The quantitative estimate of drug-likeness (QED) is 0.388. The van der Waals surface area contributed by atoms with E-state index in [4.69, 9.17) is 17.2 Å². The Labute approximate surface area is 99.6 Å². The summed E-state index contributed by atoms with van der Waals surface area (Å²) < 4.78 is 0. The standard InChI is InChI=1S/C11H16N6/c12-10(13)17-11(14)16-9-3-1-2-7-6-15-5-4-8(7)9/h1-3,15H,4-6H2,(H6,12,13,14,16,17). The van der Waals surface area contributed by atoms with Crippen LogP contribution in [0.15, 0.2) is 28.2 Å². The van der Waals surface area contributed by atoms with Gasteiger partial charge in [-0.2, -0.15) is 4.99 Å². The molecule has 0 unspecified atom stereocenters. The average molecular weight is 232 g/mol. The average Bonchev–Trinajstić information content (AvgIpc) is 2.28. The molecular weight excluding hydrogens is 216 g/mol. The summed E-state index contributed by atoms with van der Waals surface area (Å²) in [5.74, 6) is -0.00496. The first-order chi connectivity index (χ1) is 8.16. The molecule has 0 saturated heterocycles. The fourth-order valence-corrected chi connectivity index (χ4v) is 1.90. The van der Waals surface area contributed by atoms with Crippen LogP contribution in [0.4, 0.5) is 5.69 Å². The summed E-state index contributed by atoms with van der Waals surface area (Å²) in [7, 11) is 0. The van der Waals surface area contributed by atoms with Crippen molar-refractivity contribution in [2.75, 3.05) is 6.54 Å². The maximum atomic E-state index is 5.63. The van der Waals surface area contributed by atoms with Crippen LogP contribution in [0, 0.1) is 0 Å². The number of guanidine groups is 2. The summed E-state index contributed by atoms with van der Waals surface area (Å²) in [6.07, 6.45) is 0.935. The topological polar surface area (TPSA) is 115 Å². The number of aliphatic imine (C=N–C) groups is 2. The smallest absolute Gasteiger partial charge is 0.223 e.